The summed E-state index contributed by atoms with van der Waals surface area (Å²) in [5.41, 5.74) is 0.648. The monoisotopic (exact) mass is 284 g/mol. The molecule has 1 fully saturated rings. The minimum atomic E-state index is -2.86. The van der Waals surface area contributed by atoms with Crippen LogP contribution in [0.3, 0.4) is 0 Å². The minimum Gasteiger partial charge on any atom is -0.434 e. The van der Waals surface area contributed by atoms with Gasteiger partial charge in [0, 0.05) is 18.2 Å². The highest BCUT2D eigenvalue weighted by Crippen LogP contribution is 2.29. The lowest BCUT2D eigenvalue weighted by atomic mass is 10.0. The molecule has 0 radical (unpaired) electrons. The van der Waals surface area contributed by atoms with E-state index >= 15 is 0 Å². The van der Waals surface area contributed by atoms with Crippen molar-refractivity contribution in [1.82, 2.24) is 10.6 Å². The summed E-state index contributed by atoms with van der Waals surface area (Å²) in [4.78, 5) is 11.6. The second-order valence-electron chi connectivity index (χ2n) is 4.68. The van der Waals surface area contributed by atoms with Gasteiger partial charge in [0.15, 0.2) is 0 Å². The van der Waals surface area contributed by atoms with Crippen molar-refractivity contribution in [1.29, 1.82) is 0 Å². The maximum atomic E-state index is 12.4. The van der Waals surface area contributed by atoms with Crippen LogP contribution in [0.4, 0.5) is 8.78 Å². The molecular weight excluding hydrogens is 266 g/mol. The van der Waals surface area contributed by atoms with Crippen LogP contribution in [0, 0.1) is 0 Å². The third-order valence-corrected chi connectivity index (χ3v) is 3.37. The lowest BCUT2D eigenvalue weighted by Gasteiger charge is -2.23. The van der Waals surface area contributed by atoms with E-state index < -0.39 is 6.61 Å². The van der Waals surface area contributed by atoms with Gasteiger partial charge < -0.3 is 10.1 Å². The molecule has 1 aliphatic heterocycles. The van der Waals surface area contributed by atoms with Crippen LogP contribution in [-0.2, 0) is 4.79 Å². The number of rotatable bonds is 6. The van der Waals surface area contributed by atoms with Crippen molar-refractivity contribution in [3.63, 3.8) is 0 Å². The minimum absolute atomic E-state index is 0.0456. The first-order chi connectivity index (χ1) is 9.61. The SMILES string of the molecule is CC[C@@H](N[C@@H]1CCNC1=O)c1ccccc1OC(F)F. The molecule has 20 heavy (non-hydrogen) atoms. The maximum Gasteiger partial charge on any atom is 0.387 e. The summed E-state index contributed by atoms with van der Waals surface area (Å²) in [6, 6.07) is 6.20. The molecule has 0 aliphatic carbocycles. The Bertz CT molecular complexity index is 468. The third-order valence-electron chi connectivity index (χ3n) is 3.37. The highest BCUT2D eigenvalue weighted by Gasteiger charge is 2.27. The number of nitrogens with one attached hydrogen (secondary N) is 2. The van der Waals surface area contributed by atoms with Crippen LogP contribution in [0.25, 0.3) is 0 Å². The molecule has 6 heteroatoms. The predicted molar refractivity (Wildman–Crippen MR) is 70.7 cm³/mol. The molecule has 4 nitrogen and oxygen atoms in total. The van der Waals surface area contributed by atoms with E-state index in [2.05, 4.69) is 15.4 Å². The topological polar surface area (TPSA) is 50.4 Å². The number of para-hydroxylation sites is 1. The highest BCUT2D eigenvalue weighted by molar-refractivity contribution is 5.83. The van der Waals surface area contributed by atoms with Crippen molar-refractivity contribution >= 4 is 5.91 Å². The summed E-state index contributed by atoms with van der Waals surface area (Å²) in [6.07, 6.45) is 1.38. The maximum absolute atomic E-state index is 12.4. The molecule has 1 aliphatic rings. The standard InChI is InChI=1S/C14H18F2N2O2/c1-2-10(18-11-7-8-17-13(11)19)9-5-3-4-6-12(9)20-14(15)16/h3-6,10-11,14,18H,2,7-8H2,1H3,(H,17,19)/t10-,11-/m1/s1. The number of ether oxygens (including phenoxy) is 1. The first-order valence-electron chi connectivity index (χ1n) is 6.69. The number of carbonyl (C=O) groups excluding carboxylic acids is 1. The molecule has 2 N–H and O–H groups in total. The molecule has 110 valence electrons. The van der Waals surface area contributed by atoms with Gasteiger partial charge in [-0.05, 0) is 18.9 Å². The Hall–Kier alpha value is -1.69. The van der Waals surface area contributed by atoms with Gasteiger partial charge >= 0.3 is 6.61 Å². The number of halogens is 2. The Kier molecular flexibility index (Phi) is 4.89. The Balaban J connectivity index is 2.16. The van der Waals surface area contributed by atoms with Crippen LogP contribution >= 0.6 is 0 Å². The van der Waals surface area contributed by atoms with Gasteiger partial charge in [0.25, 0.3) is 0 Å². The molecule has 1 saturated heterocycles. The van der Waals surface area contributed by atoms with Crippen molar-refractivity contribution in [3.05, 3.63) is 29.8 Å². The number of hydrogen-bond acceptors (Lipinski definition) is 3. The van der Waals surface area contributed by atoms with Gasteiger partial charge in [-0.15, -0.1) is 0 Å². The Morgan fingerprint density at radius 1 is 1.45 bits per heavy atom. The van der Waals surface area contributed by atoms with Gasteiger partial charge in [-0.3, -0.25) is 10.1 Å². The van der Waals surface area contributed by atoms with Gasteiger partial charge in [0.2, 0.25) is 5.91 Å². The molecule has 0 saturated carbocycles. The van der Waals surface area contributed by atoms with Crippen molar-refractivity contribution in [2.24, 2.45) is 0 Å². The van der Waals surface area contributed by atoms with Gasteiger partial charge in [-0.2, -0.15) is 8.78 Å². The number of carbonyl (C=O) groups is 1. The predicted octanol–water partition coefficient (Wildman–Crippen LogP) is 2.22. The summed E-state index contributed by atoms with van der Waals surface area (Å²) >= 11 is 0. The fourth-order valence-corrected chi connectivity index (χ4v) is 2.40. The summed E-state index contributed by atoms with van der Waals surface area (Å²) < 4.78 is 29.4. The second-order valence-corrected chi connectivity index (χ2v) is 4.68. The molecule has 1 aromatic carbocycles. The molecule has 1 amide bonds. The van der Waals surface area contributed by atoms with Crippen molar-refractivity contribution < 1.29 is 18.3 Å². The van der Waals surface area contributed by atoms with Crippen LogP contribution in [0.2, 0.25) is 0 Å². The molecule has 2 rings (SSSR count). The molecule has 0 unspecified atom stereocenters. The van der Waals surface area contributed by atoms with Crippen LogP contribution < -0.4 is 15.4 Å². The van der Waals surface area contributed by atoms with E-state index in [1.807, 2.05) is 6.92 Å². The van der Waals surface area contributed by atoms with E-state index in [1.165, 1.54) is 6.07 Å². The molecule has 0 spiro atoms. The van der Waals surface area contributed by atoms with Crippen LogP contribution in [0.5, 0.6) is 5.75 Å². The smallest absolute Gasteiger partial charge is 0.387 e. The number of amides is 1. The highest BCUT2D eigenvalue weighted by atomic mass is 19.3. The summed E-state index contributed by atoms with van der Waals surface area (Å²) in [5, 5.41) is 5.95. The largest absolute Gasteiger partial charge is 0.434 e. The molecule has 1 aromatic rings. The van der Waals surface area contributed by atoms with Crippen LogP contribution in [-0.4, -0.2) is 25.1 Å². The fourth-order valence-electron chi connectivity index (χ4n) is 2.40. The van der Waals surface area contributed by atoms with E-state index in [0.29, 0.717) is 24.9 Å². The molecule has 0 bridgehead atoms. The summed E-state index contributed by atoms with van der Waals surface area (Å²) in [6.45, 7) is -0.283. The molecule has 0 aromatic heterocycles. The van der Waals surface area contributed by atoms with Gasteiger partial charge in [-0.1, -0.05) is 25.1 Å². The summed E-state index contributed by atoms with van der Waals surface area (Å²) in [5.74, 6) is 0.107. The zero-order chi connectivity index (χ0) is 14.5. The first kappa shape index (κ1) is 14.7. The van der Waals surface area contributed by atoms with Crippen LogP contribution in [0.15, 0.2) is 24.3 Å². The normalized spacial score (nSPS) is 20.0. The van der Waals surface area contributed by atoms with Gasteiger partial charge in [0.05, 0.1) is 6.04 Å². The molecule has 1 heterocycles. The second kappa shape index (κ2) is 6.65. The Labute approximate surface area is 116 Å². The Morgan fingerprint density at radius 3 is 2.80 bits per heavy atom. The van der Waals surface area contributed by atoms with Crippen molar-refractivity contribution in [2.75, 3.05) is 6.54 Å². The third kappa shape index (κ3) is 3.45. The van der Waals surface area contributed by atoms with E-state index in [0.717, 1.165) is 0 Å². The van der Waals surface area contributed by atoms with E-state index in [-0.39, 0.29) is 23.7 Å². The lowest BCUT2D eigenvalue weighted by Crippen LogP contribution is -2.38. The molecular formula is C14H18F2N2O2. The number of alkyl halides is 2. The van der Waals surface area contributed by atoms with Gasteiger partial charge in [-0.25, -0.2) is 0 Å². The number of benzene rings is 1. The average molecular weight is 284 g/mol. The first-order valence-corrected chi connectivity index (χ1v) is 6.69. The van der Waals surface area contributed by atoms with E-state index in [4.69, 9.17) is 0 Å². The van der Waals surface area contributed by atoms with E-state index in [1.54, 1.807) is 18.2 Å². The van der Waals surface area contributed by atoms with Crippen LogP contribution in [0.1, 0.15) is 31.4 Å². The Morgan fingerprint density at radius 2 is 2.20 bits per heavy atom. The average Bonchev–Trinajstić information content (AvgIpc) is 2.82. The molecule has 2 atom stereocenters. The van der Waals surface area contributed by atoms with Gasteiger partial charge in [0.1, 0.15) is 5.75 Å². The zero-order valence-electron chi connectivity index (χ0n) is 11.2. The zero-order valence-corrected chi connectivity index (χ0v) is 11.2. The quantitative estimate of drug-likeness (QED) is 0.842. The number of hydrogen-bond donors (Lipinski definition) is 2. The van der Waals surface area contributed by atoms with Crippen molar-refractivity contribution in [2.45, 2.75) is 38.5 Å². The fraction of sp³-hybridized carbons (Fsp3) is 0.500. The van der Waals surface area contributed by atoms with Crippen molar-refractivity contribution in [3.8, 4) is 5.75 Å². The summed E-state index contributed by atoms with van der Waals surface area (Å²) in [7, 11) is 0. The lowest BCUT2D eigenvalue weighted by molar-refractivity contribution is -0.121. The van der Waals surface area contributed by atoms with E-state index in [9.17, 15) is 13.6 Å².